The minimum atomic E-state index is -0.347. The summed E-state index contributed by atoms with van der Waals surface area (Å²) in [6, 6.07) is 9.35. The molecule has 0 saturated carbocycles. The number of hydrogen-bond acceptors (Lipinski definition) is 5. The largest absolute Gasteiger partial charge is 0.422 e. The first-order valence-electron chi connectivity index (χ1n) is 10.2. The number of rotatable bonds is 11. The first-order chi connectivity index (χ1) is 13.5. The summed E-state index contributed by atoms with van der Waals surface area (Å²) in [4.78, 5) is 19.3. The van der Waals surface area contributed by atoms with E-state index in [-0.39, 0.29) is 5.97 Å². The van der Waals surface area contributed by atoms with Gasteiger partial charge in [0, 0.05) is 12.7 Å². The second kappa shape index (κ2) is 11.6. The first kappa shape index (κ1) is 22.1. The van der Waals surface area contributed by atoms with E-state index in [1.165, 1.54) is 6.42 Å². The summed E-state index contributed by atoms with van der Waals surface area (Å²) in [6.45, 7) is 13.2. The van der Waals surface area contributed by atoms with Crippen molar-refractivity contribution in [1.82, 2.24) is 15.2 Å². The van der Waals surface area contributed by atoms with Gasteiger partial charge in [0.15, 0.2) is 0 Å². The topological polar surface area (TPSA) is 54.5 Å². The number of carbonyl (C=O) groups is 1. The van der Waals surface area contributed by atoms with Crippen LogP contribution in [-0.2, 0) is 6.54 Å². The van der Waals surface area contributed by atoms with Crippen molar-refractivity contribution in [1.29, 1.82) is 0 Å². The Balaban J connectivity index is 1.82. The van der Waals surface area contributed by atoms with E-state index in [2.05, 4.69) is 29.0 Å². The zero-order chi connectivity index (χ0) is 20.4. The van der Waals surface area contributed by atoms with Crippen LogP contribution in [0.3, 0.4) is 0 Å². The molecule has 152 valence electrons. The molecule has 0 atom stereocenters. The molecule has 0 aliphatic heterocycles. The Bertz CT molecular complexity index is 737. The van der Waals surface area contributed by atoms with E-state index in [0.29, 0.717) is 17.9 Å². The fraction of sp³-hybridized carbons (Fsp3) is 0.478. The molecule has 5 heteroatoms. The van der Waals surface area contributed by atoms with Gasteiger partial charge in [-0.2, -0.15) is 0 Å². The summed E-state index contributed by atoms with van der Waals surface area (Å²) >= 11 is 0. The smallest absolute Gasteiger partial charge is 0.343 e. The summed E-state index contributed by atoms with van der Waals surface area (Å²) < 4.78 is 5.63. The lowest BCUT2D eigenvalue weighted by Gasteiger charge is -2.17. The van der Waals surface area contributed by atoms with Crippen LogP contribution in [0.25, 0.3) is 0 Å². The van der Waals surface area contributed by atoms with Gasteiger partial charge in [0.2, 0.25) is 0 Å². The normalized spacial score (nSPS) is 11.0. The van der Waals surface area contributed by atoms with E-state index in [1.54, 1.807) is 18.3 Å². The van der Waals surface area contributed by atoms with Gasteiger partial charge in [0.05, 0.1) is 11.3 Å². The monoisotopic (exact) mass is 383 g/mol. The van der Waals surface area contributed by atoms with Gasteiger partial charge in [-0.1, -0.05) is 32.0 Å². The van der Waals surface area contributed by atoms with Crippen LogP contribution < -0.4 is 10.1 Å². The van der Waals surface area contributed by atoms with E-state index in [1.807, 2.05) is 32.0 Å². The van der Waals surface area contributed by atoms with Crippen LogP contribution in [0.4, 0.5) is 0 Å². The number of aryl methyl sites for hydroxylation is 2. The summed E-state index contributed by atoms with van der Waals surface area (Å²) in [5.74, 6) is 0.289. The number of carbonyl (C=O) groups excluding carboxylic acids is 1. The third kappa shape index (κ3) is 6.73. The molecule has 1 aromatic heterocycles. The van der Waals surface area contributed by atoms with Crippen molar-refractivity contribution in [2.75, 3.05) is 26.2 Å². The number of para-hydroxylation sites is 1. The summed E-state index contributed by atoms with van der Waals surface area (Å²) in [5.41, 5.74) is 3.28. The second-order valence-electron chi connectivity index (χ2n) is 7.06. The van der Waals surface area contributed by atoms with Crippen LogP contribution in [0.15, 0.2) is 36.5 Å². The molecule has 0 fully saturated rings. The lowest BCUT2D eigenvalue weighted by atomic mass is 10.1. The molecule has 2 aromatic rings. The number of pyridine rings is 1. The van der Waals surface area contributed by atoms with E-state index < -0.39 is 0 Å². The maximum Gasteiger partial charge on any atom is 0.343 e. The fourth-order valence-electron chi connectivity index (χ4n) is 3.16. The molecule has 1 N–H and O–H groups in total. The molecule has 5 nitrogen and oxygen atoms in total. The molecule has 0 bridgehead atoms. The average Bonchev–Trinajstić information content (AvgIpc) is 2.70. The van der Waals surface area contributed by atoms with Crippen molar-refractivity contribution in [3.05, 3.63) is 58.9 Å². The van der Waals surface area contributed by atoms with Crippen LogP contribution in [-0.4, -0.2) is 42.0 Å². The van der Waals surface area contributed by atoms with Gasteiger partial charge < -0.3 is 15.0 Å². The average molecular weight is 384 g/mol. The van der Waals surface area contributed by atoms with Crippen molar-refractivity contribution in [2.24, 2.45) is 0 Å². The molecular formula is C23H33N3O2. The first-order valence-corrected chi connectivity index (χ1v) is 10.2. The molecule has 28 heavy (non-hydrogen) atoms. The van der Waals surface area contributed by atoms with Crippen molar-refractivity contribution in [3.8, 4) is 5.75 Å². The molecule has 0 aliphatic rings. The highest BCUT2D eigenvalue weighted by atomic mass is 16.5. The molecule has 0 spiro atoms. The van der Waals surface area contributed by atoms with Crippen molar-refractivity contribution in [3.63, 3.8) is 0 Å². The van der Waals surface area contributed by atoms with Crippen LogP contribution in [0.5, 0.6) is 5.75 Å². The minimum Gasteiger partial charge on any atom is -0.422 e. The molecule has 0 saturated heterocycles. The Morgan fingerprint density at radius 2 is 1.82 bits per heavy atom. The van der Waals surface area contributed by atoms with Gasteiger partial charge in [-0.25, -0.2) is 4.79 Å². The Kier molecular flexibility index (Phi) is 9.11. The number of aromatic nitrogens is 1. The molecule has 0 unspecified atom stereocenters. The zero-order valence-electron chi connectivity index (χ0n) is 17.6. The number of unbranched alkanes of at least 4 members (excludes halogenated alkanes) is 1. The van der Waals surface area contributed by atoms with Crippen molar-refractivity contribution >= 4 is 5.97 Å². The molecule has 1 heterocycles. The van der Waals surface area contributed by atoms with Gasteiger partial charge in [0.1, 0.15) is 5.75 Å². The van der Waals surface area contributed by atoms with Crippen LogP contribution in [0.2, 0.25) is 0 Å². The second-order valence-corrected chi connectivity index (χ2v) is 7.06. The Hall–Kier alpha value is -2.24. The van der Waals surface area contributed by atoms with Crippen molar-refractivity contribution in [2.45, 2.75) is 47.1 Å². The van der Waals surface area contributed by atoms with Gasteiger partial charge in [-0.3, -0.25) is 4.98 Å². The summed E-state index contributed by atoms with van der Waals surface area (Å²) in [6.07, 6.45) is 3.98. The van der Waals surface area contributed by atoms with Crippen LogP contribution in [0, 0.1) is 13.8 Å². The lowest BCUT2D eigenvalue weighted by Crippen LogP contribution is -2.25. The van der Waals surface area contributed by atoms with E-state index in [9.17, 15) is 4.79 Å². The van der Waals surface area contributed by atoms with Gasteiger partial charge >= 0.3 is 5.97 Å². The van der Waals surface area contributed by atoms with E-state index >= 15 is 0 Å². The van der Waals surface area contributed by atoms with Crippen molar-refractivity contribution < 1.29 is 9.53 Å². The highest BCUT2D eigenvalue weighted by Crippen LogP contribution is 2.23. The van der Waals surface area contributed by atoms with Gasteiger partial charge in [-0.05, 0) is 76.1 Å². The number of hydrogen-bond donors (Lipinski definition) is 1. The number of ether oxygens (including phenoxy) is 1. The number of nitrogens with one attached hydrogen (secondary N) is 1. The Morgan fingerprint density at radius 3 is 2.50 bits per heavy atom. The number of benzene rings is 1. The van der Waals surface area contributed by atoms with E-state index in [0.717, 1.165) is 49.4 Å². The zero-order valence-corrected chi connectivity index (χ0v) is 17.6. The lowest BCUT2D eigenvalue weighted by molar-refractivity contribution is 0.0732. The summed E-state index contributed by atoms with van der Waals surface area (Å²) in [7, 11) is 0. The number of esters is 1. The van der Waals surface area contributed by atoms with E-state index in [4.69, 9.17) is 4.74 Å². The fourth-order valence-corrected chi connectivity index (χ4v) is 3.16. The highest BCUT2D eigenvalue weighted by Gasteiger charge is 2.13. The standard InChI is InChI=1S/C23H33N3O2/c1-5-26(6-2)15-8-7-13-24-17-21-16-20(12-14-25-21)23(27)28-22-18(3)10-9-11-19(22)4/h9-12,14,16,24H,5-8,13,15,17H2,1-4H3. The van der Waals surface area contributed by atoms with Crippen LogP contribution in [0.1, 0.15) is 53.9 Å². The SMILES string of the molecule is CCN(CC)CCCCNCc1cc(C(=O)Oc2c(C)cccc2C)ccn1. The predicted octanol–water partition coefficient (Wildman–Crippen LogP) is 4.13. The molecular weight excluding hydrogens is 350 g/mol. The number of nitrogens with zero attached hydrogens (tertiary/aromatic N) is 2. The molecule has 0 aliphatic carbocycles. The third-order valence-corrected chi connectivity index (χ3v) is 4.93. The van der Waals surface area contributed by atoms with Gasteiger partial charge in [-0.15, -0.1) is 0 Å². The Morgan fingerprint density at radius 1 is 1.11 bits per heavy atom. The third-order valence-electron chi connectivity index (χ3n) is 4.93. The highest BCUT2D eigenvalue weighted by molar-refractivity contribution is 5.91. The minimum absolute atomic E-state index is 0.347. The molecule has 0 radical (unpaired) electrons. The van der Waals surface area contributed by atoms with Gasteiger partial charge in [0.25, 0.3) is 0 Å². The summed E-state index contributed by atoms with van der Waals surface area (Å²) in [5, 5.41) is 3.41. The molecule has 0 amide bonds. The maximum atomic E-state index is 12.5. The maximum absolute atomic E-state index is 12.5. The molecule has 1 aromatic carbocycles. The Labute approximate surface area is 169 Å². The van der Waals surface area contributed by atoms with Crippen LogP contribution >= 0.6 is 0 Å². The predicted molar refractivity (Wildman–Crippen MR) is 114 cm³/mol. The quantitative estimate of drug-likeness (QED) is 0.359. The molecule has 2 rings (SSSR count).